The topological polar surface area (TPSA) is 56.8 Å². The molecule has 0 aromatic heterocycles. The second-order valence-corrected chi connectivity index (χ2v) is 4.57. The maximum Gasteiger partial charge on any atom is 0.116 e. The van der Waals surface area contributed by atoms with Crippen molar-refractivity contribution in [3.63, 3.8) is 0 Å². The zero-order chi connectivity index (χ0) is 11.6. The molecule has 1 rings (SSSR count). The summed E-state index contributed by atoms with van der Waals surface area (Å²) in [7, 11) is 0. The summed E-state index contributed by atoms with van der Waals surface area (Å²) in [5, 5.41) is 17.8. The van der Waals surface area contributed by atoms with E-state index >= 15 is 0 Å². The molecule has 0 spiro atoms. The van der Waals surface area contributed by atoms with Gasteiger partial charge in [-0.15, -0.1) is 0 Å². The average molecular weight is 202 g/mol. The number of ether oxygens (including phenoxy) is 1. The van der Waals surface area contributed by atoms with E-state index < -0.39 is 5.92 Å². The van der Waals surface area contributed by atoms with E-state index in [0.717, 1.165) is 5.76 Å². The van der Waals surface area contributed by atoms with Crippen molar-refractivity contribution in [1.29, 1.82) is 10.5 Å². The van der Waals surface area contributed by atoms with E-state index in [1.54, 1.807) is 13.0 Å². The zero-order valence-electron chi connectivity index (χ0n) is 9.46. The SMILES string of the molecule is CC1=C(C#N)C(C#N)C=C(C(C)(C)C)O1. The summed E-state index contributed by atoms with van der Waals surface area (Å²) in [4.78, 5) is 0. The summed E-state index contributed by atoms with van der Waals surface area (Å²) < 4.78 is 5.55. The first kappa shape index (κ1) is 11.3. The Bertz CT molecular complexity index is 410. The second kappa shape index (κ2) is 3.79. The van der Waals surface area contributed by atoms with Gasteiger partial charge in [-0.25, -0.2) is 0 Å². The minimum absolute atomic E-state index is 0.142. The normalized spacial score (nSPS) is 21.2. The molecule has 0 bridgehead atoms. The van der Waals surface area contributed by atoms with Crippen molar-refractivity contribution in [1.82, 2.24) is 0 Å². The van der Waals surface area contributed by atoms with Crippen LogP contribution in [0.2, 0.25) is 0 Å². The molecule has 1 aliphatic heterocycles. The van der Waals surface area contributed by atoms with Crippen molar-refractivity contribution in [2.75, 3.05) is 0 Å². The van der Waals surface area contributed by atoms with E-state index in [-0.39, 0.29) is 5.41 Å². The van der Waals surface area contributed by atoms with E-state index in [1.165, 1.54) is 0 Å². The first-order valence-corrected chi connectivity index (χ1v) is 4.80. The molecule has 0 aromatic rings. The Morgan fingerprint density at radius 1 is 1.33 bits per heavy atom. The highest BCUT2D eigenvalue weighted by molar-refractivity contribution is 5.39. The van der Waals surface area contributed by atoms with Gasteiger partial charge in [0.1, 0.15) is 17.4 Å². The summed E-state index contributed by atoms with van der Waals surface area (Å²) >= 11 is 0. The zero-order valence-corrected chi connectivity index (χ0v) is 9.46. The van der Waals surface area contributed by atoms with Gasteiger partial charge in [-0.3, -0.25) is 0 Å². The van der Waals surface area contributed by atoms with Crippen LogP contribution in [0.15, 0.2) is 23.2 Å². The molecule has 0 saturated heterocycles. The molecule has 0 N–H and O–H groups in total. The van der Waals surface area contributed by atoms with E-state index in [9.17, 15) is 0 Å². The second-order valence-electron chi connectivity index (χ2n) is 4.57. The number of hydrogen-bond donors (Lipinski definition) is 0. The fourth-order valence-electron chi connectivity index (χ4n) is 1.36. The Kier molecular flexibility index (Phi) is 2.86. The molecule has 1 aliphatic rings. The molecule has 1 unspecified atom stereocenters. The summed E-state index contributed by atoms with van der Waals surface area (Å²) in [6.07, 6.45) is 1.73. The highest BCUT2D eigenvalue weighted by Gasteiger charge is 2.28. The monoisotopic (exact) mass is 202 g/mol. The van der Waals surface area contributed by atoms with Gasteiger partial charge in [0.15, 0.2) is 0 Å². The minimum atomic E-state index is -0.474. The molecular weight excluding hydrogens is 188 g/mol. The predicted molar refractivity (Wildman–Crippen MR) is 56.0 cm³/mol. The van der Waals surface area contributed by atoms with Gasteiger partial charge in [0.25, 0.3) is 0 Å². The molecule has 1 atom stereocenters. The van der Waals surface area contributed by atoms with E-state index in [0.29, 0.717) is 11.3 Å². The molecule has 15 heavy (non-hydrogen) atoms. The van der Waals surface area contributed by atoms with Gasteiger partial charge in [0.05, 0.1) is 17.7 Å². The number of hydrogen-bond acceptors (Lipinski definition) is 3. The lowest BCUT2D eigenvalue weighted by Crippen LogP contribution is -2.18. The van der Waals surface area contributed by atoms with Gasteiger partial charge in [-0.2, -0.15) is 10.5 Å². The van der Waals surface area contributed by atoms with Crippen LogP contribution in [0.5, 0.6) is 0 Å². The minimum Gasteiger partial charge on any atom is -0.465 e. The molecule has 0 aromatic carbocycles. The molecule has 0 aliphatic carbocycles. The molecule has 78 valence electrons. The number of nitrogens with zero attached hydrogens (tertiary/aromatic N) is 2. The van der Waals surface area contributed by atoms with Crippen LogP contribution in [-0.2, 0) is 4.74 Å². The highest BCUT2D eigenvalue weighted by atomic mass is 16.5. The molecular formula is C12H14N2O. The van der Waals surface area contributed by atoms with Crippen LogP contribution in [0.25, 0.3) is 0 Å². The third-order valence-corrected chi connectivity index (χ3v) is 2.27. The summed E-state index contributed by atoms with van der Waals surface area (Å²) in [6, 6.07) is 4.11. The number of allylic oxidation sites excluding steroid dienone is 4. The van der Waals surface area contributed by atoms with Gasteiger partial charge < -0.3 is 4.74 Å². The average Bonchev–Trinajstić information content (AvgIpc) is 2.15. The van der Waals surface area contributed by atoms with Gasteiger partial charge >= 0.3 is 0 Å². The van der Waals surface area contributed by atoms with E-state index in [4.69, 9.17) is 15.3 Å². The van der Waals surface area contributed by atoms with Gasteiger partial charge in [0.2, 0.25) is 0 Å². The van der Waals surface area contributed by atoms with Crippen LogP contribution in [0.1, 0.15) is 27.7 Å². The Balaban J connectivity index is 3.13. The summed E-state index contributed by atoms with van der Waals surface area (Å²) in [5.74, 6) is 0.819. The van der Waals surface area contributed by atoms with E-state index in [1.807, 2.05) is 26.8 Å². The molecule has 0 amide bonds. The lowest BCUT2D eigenvalue weighted by molar-refractivity contribution is 0.206. The number of nitriles is 2. The van der Waals surface area contributed by atoms with E-state index in [2.05, 4.69) is 6.07 Å². The highest BCUT2D eigenvalue weighted by Crippen LogP contribution is 2.35. The van der Waals surface area contributed by atoms with Gasteiger partial charge in [-0.05, 0) is 13.0 Å². The first-order valence-electron chi connectivity index (χ1n) is 4.80. The van der Waals surface area contributed by atoms with Crippen molar-refractivity contribution >= 4 is 0 Å². The van der Waals surface area contributed by atoms with Crippen molar-refractivity contribution in [3.8, 4) is 12.1 Å². The van der Waals surface area contributed by atoms with Crippen molar-refractivity contribution in [2.24, 2.45) is 11.3 Å². The lowest BCUT2D eigenvalue weighted by atomic mass is 9.87. The van der Waals surface area contributed by atoms with Gasteiger partial charge in [0, 0.05) is 5.41 Å². The summed E-state index contributed by atoms with van der Waals surface area (Å²) in [5.41, 5.74) is 0.266. The third-order valence-electron chi connectivity index (χ3n) is 2.27. The van der Waals surface area contributed by atoms with Crippen molar-refractivity contribution < 1.29 is 4.74 Å². The Labute approximate surface area is 90.3 Å². The fourth-order valence-corrected chi connectivity index (χ4v) is 1.36. The van der Waals surface area contributed by atoms with Crippen LogP contribution in [0.4, 0.5) is 0 Å². The molecule has 0 fully saturated rings. The van der Waals surface area contributed by atoms with Crippen LogP contribution < -0.4 is 0 Å². The molecule has 3 heteroatoms. The third kappa shape index (κ3) is 2.19. The summed E-state index contributed by atoms with van der Waals surface area (Å²) in [6.45, 7) is 7.76. The van der Waals surface area contributed by atoms with Crippen molar-refractivity contribution in [2.45, 2.75) is 27.7 Å². The van der Waals surface area contributed by atoms with Crippen LogP contribution in [0, 0.1) is 34.0 Å². The fraction of sp³-hybridized carbons (Fsp3) is 0.500. The molecule has 3 nitrogen and oxygen atoms in total. The first-order chi connectivity index (χ1) is 6.90. The Morgan fingerprint density at radius 3 is 2.33 bits per heavy atom. The van der Waals surface area contributed by atoms with Gasteiger partial charge in [-0.1, -0.05) is 20.8 Å². The maximum absolute atomic E-state index is 8.96. The maximum atomic E-state index is 8.96. The predicted octanol–water partition coefficient (Wildman–Crippen LogP) is 2.88. The van der Waals surface area contributed by atoms with Crippen LogP contribution >= 0.6 is 0 Å². The standard InChI is InChI=1S/C12H14N2O/c1-8-10(7-14)9(6-13)5-11(15-8)12(2,3)4/h5,9H,1-4H3. The van der Waals surface area contributed by atoms with Crippen molar-refractivity contribution in [3.05, 3.63) is 23.2 Å². The Morgan fingerprint density at radius 2 is 1.93 bits per heavy atom. The Hall–Kier alpha value is -1.74. The largest absolute Gasteiger partial charge is 0.465 e. The van der Waals surface area contributed by atoms with Crippen LogP contribution in [0.3, 0.4) is 0 Å². The molecule has 0 radical (unpaired) electrons. The number of rotatable bonds is 0. The molecule has 1 heterocycles. The van der Waals surface area contributed by atoms with Crippen LogP contribution in [-0.4, -0.2) is 0 Å². The quantitative estimate of drug-likeness (QED) is 0.606. The lowest BCUT2D eigenvalue weighted by Gasteiger charge is -2.28. The molecule has 0 saturated carbocycles. The smallest absolute Gasteiger partial charge is 0.116 e.